The molecule has 1 saturated heterocycles. The van der Waals surface area contributed by atoms with Crippen LogP contribution in [0.15, 0.2) is 18.2 Å². The molecule has 25 heavy (non-hydrogen) atoms. The van der Waals surface area contributed by atoms with Gasteiger partial charge in [-0.3, -0.25) is 4.90 Å². The second kappa shape index (κ2) is 9.20. The minimum Gasteiger partial charge on any atom is -0.335 e. The summed E-state index contributed by atoms with van der Waals surface area (Å²) in [6.45, 7) is 13.6. The van der Waals surface area contributed by atoms with Crippen LogP contribution >= 0.6 is 0 Å². The molecule has 0 aromatic heterocycles. The quantitative estimate of drug-likeness (QED) is 0.830. The first-order chi connectivity index (χ1) is 11.8. The van der Waals surface area contributed by atoms with Crippen molar-refractivity contribution >= 4 is 6.03 Å². The van der Waals surface area contributed by atoms with E-state index in [1.165, 1.54) is 16.7 Å². The number of urea groups is 1. The lowest BCUT2D eigenvalue weighted by molar-refractivity contribution is 0.144. The molecule has 1 aliphatic rings. The molecule has 1 aromatic carbocycles. The highest BCUT2D eigenvalue weighted by Gasteiger charge is 2.17. The average molecular weight is 347 g/mol. The fourth-order valence-electron chi connectivity index (χ4n) is 3.41. The lowest BCUT2D eigenvalue weighted by Gasteiger charge is -2.34. The fourth-order valence-corrected chi connectivity index (χ4v) is 3.41. The Morgan fingerprint density at radius 2 is 1.72 bits per heavy atom. The van der Waals surface area contributed by atoms with Crippen molar-refractivity contribution in [1.82, 2.24) is 20.4 Å². The molecule has 2 rings (SSSR count). The number of nitrogens with one attached hydrogen (secondary N) is 2. The van der Waals surface area contributed by atoms with Crippen LogP contribution in [0.4, 0.5) is 4.79 Å². The Balaban J connectivity index is 1.73. The van der Waals surface area contributed by atoms with Crippen LogP contribution in [0.1, 0.15) is 30.5 Å². The zero-order valence-corrected chi connectivity index (χ0v) is 16.4. The van der Waals surface area contributed by atoms with Gasteiger partial charge in [-0.25, -0.2) is 4.79 Å². The molecule has 140 valence electrons. The minimum absolute atomic E-state index is 0.0705. The third-order valence-electron chi connectivity index (χ3n) is 4.91. The Morgan fingerprint density at radius 3 is 2.36 bits per heavy atom. The summed E-state index contributed by atoms with van der Waals surface area (Å²) >= 11 is 0. The van der Waals surface area contributed by atoms with Crippen LogP contribution in [0.25, 0.3) is 0 Å². The SMILES string of the molecule is Cc1ccc(C[C@@H](C)NC(=O)N[C@@H](C)CN2CCN(C)CC2)c(C)c1. The highest BCUT2D eigenvalue weighted by Crippen LogP contribution is 2.12. The van der Waals surface area contributed by atoms with Crippen LogP contribution in [0.5, 0.6) is 0 Å². The molecule has 0 radical (unpaired) electrons. The van der Waals surface area contributed by atoms with Crippen molar-refractivity contribution in [3.05, 3.63) is 34.9 Å². The van der Waals surface area contributed by atoms with Gasteiger partial charge in [0.05, 0.1) is 0 Å². The second-order valence-corrected chi connectivity index (χ2v) is 7.66. The molecule has 2 atom stereocenters. The summed E-state index contributed by atoms with van der Waals surface area (Å²) in [6.07, 6.45) is 0.854. The van der Waals surface area contributed by atoms with Crippen LogP contribution in [0.3, 0.4) is 0 Å². The maximum Gasteiger partial charge on any atom is 0.315 e. The molecule has 0 saturated carbocycles. The summed E-state index contributed by atoms with van der Waals surface area (Å²) in [4.78, 5) is 17.0. The molecular formula is C20H34N4O. The van der Waals surface area contributed by atoms with E-state index in [4.69, 9.17) is 0 Å². The smallest absolute Gasteiger partial charge is 0.315 e. The average Bonchev–Trinajstić information content (AvgIpc) is 2.52. The van der Waals surface area contributed by atoms with Gasteiger partial charge in [0, 0.05) is 44.8 Å². The van der Waals surface area contributed by atoms with Crippen LogP contribution in [0, 0.1) is 13.8 Å². The molecule has 0 bridgehead atoms. The van der Waals surface area contributed by atoms with Crippen molar-refractivity contribution in [2.45, 2.75) is 46.2 Å². The number of carbonyl (C=O) groups excluding carboxylic acids is 1. The summed E-state index contributed by atoms with van der Waals surface area (Å²) in [5.74, 6) is 0. The Hall–Kier alpha value is -1.59. The number of benzene rings is 1. The molecule has 5 heteroatoms. The van der Waals surface area contributed by atoms with E-state index in [0.717, 1.165) is 39.1 Å². The number of rotatable bonds is 6. The Morgan fingerprint density at radius 1 is 1.08 bits per heavy atom. The van der Waals surface area contributed by atoms with Gasteiger partial charge < -0.3 is 15.5 Å². The van der Waals surface area contributed by atoms with Crippen molar-refractivity contribution < 1.29 is 4.79 Å². The van der Waals surface area contributed by atoms with E-state index < -0.39 is 0 Å². The van der Waals surface area contributed by atoms with Crippen LogP contribution < -0.4 is 10.6 Å². The number of likely N-dealkylation sites (N-methyl/N-ethyl adjacent to an activating group) is 1. The van der Waals surface area contributed by atoms with Gasteiger partial charge in [-0.2, -0.15) is 0 Å². The van der Waals surface area contributed by atoms with Crippen molar-refractivity contribution in [2.75, 3.05) is 39.8 Å². The topological polar surface area (TPSA) is 47.6 Å². The van der Waals surface area contributed by atoms with Gasteiger partial charge in [-0.15, -0.1) is 0 Å². The molecule has 1 fully saturated rings. The first-order valence-electron chi connectivity index (χ1n) is 9.37. The van der Waals surface area contributed by atoms with E-state index in [2.05, 4.69) is 73.4 Å². The van der Waals surface area contributed by atoms with Crippen molar-refractivity contribution in [2.24, 2.45) is 0 Å². The molecule has 2 amide bonds. The maximum atomic E-state index is 12.2. The van der Waals surface area contributed by atoms with Gasteiger partial charge >= 0.3 is 6.03 Å². The first-order valence-corrected chi connectivity index (χ1v) is 9.37. The predicted molar refractivity (Wildman–Crippen MR) is 104 cm³/mol. The number of aryl methyl sites for hydroxylation is 2. The van der Waals surface area contributed by atoms with E-state index in [0.29, 0.717) is 0 Å². The Kier molecular flexibility index (Phi) is 7.26. The number of nitrogens with zero attached hydrogens (tertiary/aromatic N) is 2. The molecular weight excluding hydrogens is 312 g/mol. The molecule has 2 N–H and O–H groups in total. The van der Waals surface area contributed by atoms with E-state index in [9.17, 15) is 4.79 Å². The monoisotopic (exact) mass is 346 g/mol. The normalized spacial score (nSPS) is 18.6. The van der Waals surface area contributed by atoms with E-state index in [1.54, 1.807) is 0 Å². The number of piperazine rings is 1. The maximum absolute atomic E-state index is 12.2. The van der Waals surface area contributed by atoms with Crippen LogP contribution in [0.2, 0.25) is 0 Å². The predicted octanol–water partition coefficient (Wildman–Crippen LogP) is 2.17. The van der Waals surface area contributed by atoms with Crippen molar-refractivity contribution in [1.29, 1.82) is 0 Å². The standard InChI is InChI=1S/C20H34N4O/c1-15-6-7-19(16(2)12-15)13-17(3)21-20(25)22-18(4)14-24-10-8-23(5)9-11-24/h6-7,12,17-18H,8-11,13-14H2,1-5H3,(H2,21,22,25)/t17-,18+/m1/s1. The second-order valence-electron chi connectivity index (χ2n) is 7.66. The zero-order valence-electron chi connectivity index (χ0n) is 16.4. The molecule has 0 spiro atoms. The number of amides is 2. The van der Waals surface area contributed by atoms with E-state index in [1.807, 2.05) is 0 Å². The molecule has 0 unspecified atom stereocenters. The summed E-state index contributed by atoms with van der Waals surface area (Å²) in [6, 6.07) is 6.68. The van der Waals surface area contributed by atoms with Crippen LogP contribution in [-0.2, 0) is 6.42 Å². The summed E-state index contributed by atoms with van der Waals surface area (Å²) in [7, 11) is 2.16. The highest BCUT2D eigenvalue weighted by atomic mass is 16.2. The van der Waals surface area contributed by atoms with Gasteiger partial charge in [0.1, 0.15) is 0 Å². The molecule has 5 nitrogen and oxygen atoms in total. The van der Waals surface area contributed by atoms with Crippen molar-refractivity contribution in [3.8, 4) is 0 Å². The lowest BCUT2D eigenvalue weighted by Crippen LogP contribution is -2.52. The number of hydrogen-bond donors (Lipinski definition) is 2. The first kappa shape index (κ1) is 19.7. The highest BCUT2D eigenvalue weighted by molar-refractivity contribution is 5.74. The van der Waals surface area contributed by atoms with E-state index >= 15 is 0 Å². The van der Waals surface area contributed by atoms with Gasteiger partial charge in [0.2, 0.25) is 0 Å². The third kappa shape index (κ3) is 6.67. The van der Waals surface area contributed by atoms with Gasteiger partial charge in [0.15, 0.2) is 0 Å². The van der Waals surface area contributed by atoms with E-state index in [-0.39, 0.29) is 18.1 Å². The van der Waals surface area contributed by atoms with Gasteiger partial charge in [0.25, 0.3) is 0 Å². The van der Waals surface area contributed by atoms with Gasteiger partial charge in [-0.05, 0) is 52.3 Å². The molecule has 1 aromatic rings. The summed E-state index contributed by atoms with van der Waals surface area (Å²) < 4.78 is 0. The summed E-state index contributed by atoms with van der Waals surface area (Å²) in [5.41, 5.74) is 3.86. The lowest BCUT2D eigenvalue weighted by atomic mass is 10.00. The third-order valence-corrected chi connectivity index (χ3v) is 4.91. The summed E-state index contributed by atoms with van der Waals surface area (Å²) in [5, 5.41) is 6.14. The van der Waals surface area contributed by atoms with Crippen LogP contribution in [-0.4, -0.2) is 67.7 Å². The largest absolute Gasteiger partial charge is 0.335 e. The Bertz CT molecular complexity index is 567. The fraction of sp³-hybridized carbons (Fsp3) is 0.650. The number of hydrogen-bond acceptors (Lipinski definition) is 3. The minimum atomic E-state index is -0.0705. The van der Waals surface area contributed by atoms with Gasteiger partial charge in [-0.1, -0.05) is 23.8 Å². The Labute approximate surface area is 152 Å². The zero-order chi connectivity index (χ0) is 18.4. The molecule has 1 aliphatic heterocycles. The number of carbonyl (C=O) groups is 1. The van der Waals surface area contributed by atoms with Crippen molar-refractivity contribution in [3.63, 3.8) is 0 Å². The molecule has 0 aliphatic carbocycles. The molecule has 1 heterocycles.